The van der Waals surface area contributed by atoms with Gasteiger partial charge in [0.1, 0.15) is 0 Å². The number of methoxy groups -OCH3 is 1. The molecule has 0 aliphatic heterocycles. The monoisotopic (exact) mass is 237 g/mol. The predicted octanol–water partition coefficient (Wildman–Crippen LogP) is 2.76. The maximum atomic E-state index is 11.7. The fraction of sp³-hybridized carbons (Fsp3) is 0.417. The number of rotatable bonds is 5. The molecule has 0 saturated heterocycles. The van der Waals surface area contributed by atoms with Crippen LogP contribution in [0.2, 0.25) is 0 Å². The Morgan fingerprint density at radius 1 is 1.41 bits per heavy atom. The lowest BCUT2D eigenvalue weighted by Gasteiger charge is -2.09. The van der Waals surface area contributed by atoms with Crippen molar-refractivity contribution in [2.24, 2.45) is 0 Å². The molecule has 0 aromatic heterocycles. The van der Waals surface area contributed by atoms with Gasteiger partial charge >= 0.3 is 5.69 Å². The van der Waals surface area contributed by atoms with Crippen LogP contribution in [0.1, 0.15) is 36.2 Å². The zero-order valence-electron chi connectivity index (χ0n) is 10.1. The van der Waals surface area contributed by atoms with Gasteiger partial charge in [0.25, 0.3) is 0 Å². The van der Waals surface area contributed by atoms with E-state index in [0.29, 0.717) is 24.0 Å². The number of ketones is 1. The second-order valence-electron chi connectivity index (χ2n) is 3.53. The van der Waals surface area contributed by atoms with Gasteiger partial charge in [0.05, 0.1) is 12.0 Å². The number of benzene rings is 1. The first-order valence-corrected chi connectivity index (χ1v) is 5.44. The van der Waals surface area contributed by atoms with E-state index in [1.165, 1.54) is 13.2 Å². The van der Waals surface area contributed by atoms with Crippen molar-refractivity contribution in [2.75, 3.05) is 7.11 Å². The SMILES string of the molecule is CCC(=O)c1ccc(OC)c([N+](=O)[O-])c1CC. The van der Waals surface area contributed by atoms with Gasteiger partial charge in [-0.3, -0.25) is 14.9 Å². The summed E-state index contributed by atoms with van der Waals surface area (Å²) in [5.41, 5.74) is 0.762. The van der Waals surface area contributed by atoms with Crippen molar-refractivity contribution in [2.45, 2.75) is 26.7 Å². The molecule has 17 heavy (non-hydrogen) atoms. The third-order valence-electron chi connectivity index (χ3n) is 2.62. The molecular formula is C12H15NO4. The molecule has 1 aromatic carbocycles. The number of hydrogen-bond acceptors (Lipinski definition) is 4. The molecule has 0 N–H and O–H groups in total. The molecule has 0 aliphatic rings. The van der Waals surface area contributed by atoms with Gasteiger partial charge in [-0.05, 0) is 18.6 Å². The van der Waals surface area contributed by atoms with E-state index < -0.39 is 4.92 Å². The highest BCUT2D eigenvalue weighted by Crippen LogP contribution is 2.34. The Hall–Kier alpha value is -1.91. The van der Waals surface area contributed by atoms with Crippen LogP contribution in [0.4, 0.5) is 5.69 Å². The summed E-state index contributed by atoms with van der Waals surface area (Å²) in [5.74, 6) is 0.104. The van der Waals surface area contributed by atoms with E-state index in [1.807, 2.05) is 0 Å². The minimum Gasteiger partial charge on any atom is -0.490 e. The normalized spacial score (nSPS) is 10.1. The average Bonchev–Trinajstić information content (AvgIpc) is 2.35. The summed E-state index contributed by atoms with van der Waals surface area (Å²) in [6.45, 7) is 3.52. The van der Waals surface area contributed by atoms with E-state index in [-0.39, 0.29) is 17.2 Å². The number of carbonyl (C=O) groups excluding carboxylic acids is 1. The smallest absolute Gasteiger partial charge is 0.314 e. The van der Waals surface area contributed by atoms with Gasteiger partial charge < -0.3 is 4.74 Å². The summed E-state index contributed by atoms with van der Waals surface area (Å²) in [5, 5.41) is 11.0. The van der Waals surface area contributed by atoms with Crippen molar-refractivity contribution in [3.63, 3.8) is 0 Å². The van der Waals surface area contributed by atoms with Crippen molar-refractivity contribution in [3.05, 3.63) is 33.4 Å². The maximum Gasteiger partial charge on any atom is 0.314 e. The molecule has 1 rings (SSSR count). The quantitative estimate of drug-likeness (QED) is 0.448. The minimum absolute atomic E-state index is 0.0902. The van der Waals surface area contributed by atoms with Gasteiger partial charge in [0.2, 0.25) is 0 Å². The van der Waals surface area contributed by atoms with Crippen LogP contribution in [-0.2, 0) is 6.42 Å². The molecule has 5 heteroatoms. The number of carbonyl (C=O) groups is 1. The van der Waals surface area contributed by atoms with Crippen LogP contribution in [0.25, 0.3) is 0 Å². The van der Waals surface area contributed by atoms with Crippen LogP contribution in [0.3, 0.4) is 0 Å². The van der Waals surface area contributed by atoms with E-state index in [4.69, 9.17) is 4.74 Å². The summed E-state index contributed by atoms with van der Waals surface area (Å²) >= 11 is 0. The third-order valence-corrected chi connectivity index (χ3v) is 2.62. The number of Topliss-reactive ketones (excluding diaryl/α,β-unsaturated/α-hetero) is 1. The lowest BCUT2D eigenvalue weighted by molar-refractivity contribution is -0.386. The zero-order chi connectivity index (χ0) is 13.0. The first-order valence-electron chi connectivity index (χ1n) is 5.44. The summed E-state index contributed by atoms with van der Waals surface area (Å²) in [4.78, 5) is 22.2. The van der Waals surface area contributed by atoms with Crippen LogP contribution in [-0.4, -0.2) is 17.8 Å². The van der Waals surface area contributed by atoms with Crippen LogP contribution < -0.4 is 4.74 Å². The van der Waals surface area contributed by atoms with E-state index in [1.54, 1.807) is 19.9 Å². The zero-order valence-corrected chi connectivity index (χ0v) is 10.1. The van der Waals surface area contributed by atoms with Crippen molar-refractivity contribution in [3.8, 4) is 5.75 Å². The van der Waals surface area contributed by atoms with Crippen LogP contribution in [0.15, 0.2) is 12.1 Å². The molecular weight excluding hydrogens is 222 g/mol. The maximum absolute atomic E-state index is 11.7. The van der Waals surface area contributed by atoms with Crippen molar-refractivity contribution < 1.29 is 14.5 Å². The van der Waals surface area contributed by atoms with Crippen LogP contribution >= 0.6 is 0 Å². The van der Waals surface area contributed by atoms with Gasteiger partial charge in [-0.25, -0.2) is 0 Å². The van der Waals surface area contributed by atoms with Crippen LogP contribution in [0, 0.1) is 10.1 Å². The molecule has 0 fully saturated rings. The molecule has 0 saturated carbocycles. The number of ether oxygens (including phenoxy) is 1. The predicted molar refractivity (Wildman–Crippen MR) is 63.6 cm³/mol. The molecule has 5 nitrogen and oxygen atoms in total. The summed E-state index contributed by atoms with van der Waals surface area (Å²) in [6, 6.07) is 3.07. The molecule has 92 valence electrons. The fourth-order valence-electron chi connectivity index (χ4n) is 1.79. The molecule has 0 unspecified atom stereocenters. The van der Waals surface area contributed by atoms with Crippen molar-refractivity contribution in [1.82, 2.24) is 0 Å². The minimum atomic E-state index is -0.496. The van der Waals surface area contributed by atoms with Crippen molar-refractivity contribution in [1.29, 1.82) is 0 Å². The molecule has 0 spiro atoms. The largest absolute Gasteiger partial charge is 0.490 e. The molecule has 0 radical (unpaired) electrons. The lowest BCUT2D eigenvalue weighted by Crippen LogP contribution is -2.06. The number of nitrogens with zero attached hydrogens (tertiary/aromatic N) is 1. The Morgan fingerprint density at radius 3 is 2.47 bits per heavy atom. The van der Waals surface area contributed by atoms with Crippen molar-refractivity contribution >= 4 is 11.5 Å². The van der Waals surface area contributed by atoms with Gasteiger partial charge in [-0.2, -0.15) is 0 Å². The molecule has 0 heterocycles. The van der Waals surface area contributed by atoms with Crippen LogP contribution in [0.5, 0.6) is 5.75 Å². The van der Waals surface area contributed by atoms with E-state index >= 15 is 0 Å². The Morgan fingerprint density at radius 2 is 2.06 bits per heavy atom. The second-order valence-corrected chi connectivity index (χ2v) is 3.53. The molecule has 0 atom stereocenters. The summed E-state index contributed by atoms with van der Waals surface area (Å²) < 4.78 is 4.96. The highest BCUT2D eigenvalue weighted by Gasteiger charge is 2.24. The second kappa shape index (κ2) is 5.43. The third kappa shape index (κ3) is 2.43. The van der Waals surface area contributed by atoms with E-state index in [9.17, 15) is 14.9 Å². The van der Waals surface area contributed by atoms with Gasteiger partial charge in [-0.1, -0.05) is 13.8 Å². The topological polar surface area (TPSA) is 69.4 Å². The standard InChI is InChI=1S/C12H15NO4/c1-4-8-9(10(14)5-2)6-7-11(17-3)12(8)13(15)16/h6-7H,4-5H2,1-3H3. The Kier molecular flexibility index (Phi) is 4.20. The molecule has 0 bridgehead atoms. The Balaban J connectivity index is 3.51. The molecule has 0 amide bonds. The highest BCUT2D eigenvalue weighted by molar-refractivity contribution is 5.98. The summed E-state index contributed by atoms with van der Waals surface area (Å²) in [7, 11) is 1.38. The van der Waals surface area contributed by atoms with Gasteiger partial charge in [0.15, 0.2) is 11.5 Å². The lowest BCUT2D eigenvalue weighted by atomic mass is 9.98. The fourth-order valence-corrected chi connectivity index (χ4v) is 1.79. The average molecular weight is 237 g/mol. The number of hydrogen-bond donors (Lipinski definition) is 0. The molecule has 0 aliphatic carbocycles. The van der Waals surface area contributed by atoms with Gasteiger partial charge in [-0.15, -0.1) is 0 Å². The van der Waals surface area contributed by atoms with E-state index in [0.717, 1.165) is 0 Å². The first kappa shape index (κ1) is 13.2. The number of nitro benzene ring substituents is 1. The summed E-state index contributed by atoms with van der Waals surface area (Å²) in [6.07, 6.45) is 0.755. The first-order chi connectivity index (χ1) is 8.06. The van der Waals surface area contributed by atoms with E-state index in [2.05, 4.69) is 0 Å². The Labute approximate surface area is 99.5 Å². The highest BCUT2D eigenvalue weighted by atomic mass is 16.6. The molecule has 1 aromatic rings. The Bertz CT molecular complexity index is 454. The number of nitro groups is 1. The van der Waals surface area contributed by atoms with Gasteiger partial charge in [0, 0.05) is 17.5 Å².